The Hall–Kier alpha value is 0.1000. The Morgan fingerprint density at radius 3 is 2.95 bits per heavy atom. The molecule has 0 aliphatic heterocycles. The summed E-state index contributed by atoms with van der Waals surface area (Å²) < 4.78 is 6.42. The lowest BCUT2D eigenvalue weighted by Gasteiger charge is -2.38. The lowest BCUT2D eigenvalue weighted by atomic mass is 9.70. The number of halogens is 1. The first kappa shape index (κ1) is 15.0. The van der Waals surface area contributed by atoms with Crippen LogP contribution in [0.5, 0.6) is 0 Å². The Balaban J connectivity index is 1.67. The molecule has 0 saturated heterocycles. The highest BCUT2D eigenvalue weighted by Gasteiger charge is 2.50. The van der Waals surface area contributed by atoms with Crippen molar-refractivity contribution in [3.8, 4) is 0 Å². The molecule has 2 aliphatic rings. The highest BCUT2D eigenvalue weighted by atomic mass is 79.9. The minimum atomic E-state index is 0.501. The SMILES string of the molecule is COCCNCC1(Cc2ccc(Br)s2)CC2CCC1C2. The van der Waals surface area contributed by atoms with E-state index in [0.29, 0.717) is 5.41 Å². The van der Waals surface area contributed by atoms with Gasteiger partial charge in [0.15, 0.2) is 0 Å². The zero-order chi connectivity index (χ0) is 14.0. The van der Waals surface area contributed by atoms with Crippen LogP contribution in [-0.4, -0.2) is 26.8 Å². The maximum Gasteiger partial charge on any atom is 0.0701 e. The highest BCUT2D eigenvalue weighted by Crippen LogP contribution is 2.57. The molecule has 112 valence electrons. The van der Waals surface area contributed by atoms with Crippen LogP contribution < -0.4 is 5.32 Å². The Labute approximate surface area is 134 Å². The van der Waals surface area contributed by atoms with Gasteiger partial charge in [0.05, 0.1) is 10.4 Å². The number of nitrogens with one attached hydrogen (secondary N) is 1. The molecule has 2 bridgehead atoms. The number of methoxy groups -OCH3 is 1. The van der Waals surface area contributed by atoms with Crippen LogP contribution in [0.15, 0.2) is 15.9 Å². The van der Waals surface area contributed by atoms with Crippen LogP contribution in [0.4, 0.5) is 0 Å². The van der Waals surface area contributed by atoms with Crippen molar-refractivity contribution >= 4 is 27.3 Å². The summed E-state index contributed by atoms with van der Waals surface area (Å²) in [6, 6.07) is 4.50. The number of rotatable bonds is 7. The molecule has 2 nitrogen and oxygen atoms in total. The second-order valence-electron chi connectivity index (χ2n) is 6.49. The van der Waals surface area contributed by atoms with Gasteiger partial charge in [-0.15, -0.1) is 11.3 Å². The van der Waals surface area contributed by atoms with Crippen LogP contribution in [0.1, 0.15) is 30.6 Å². The molecule has 20 heavy (non-hydrogen) atoms. The fourth-order valence-corrected chi connectivity index (χ4v) is 6.00. The molecule has 0 spiro atoms. The third-order valence-corrected chi connectivity index (χ3v) is 6.84. The fraction of sp³-hybridized carbons (Fsp3) is 0.750. The Morgan fingerprint density at radius 2 is 2.35 bits per heavy atom. The number of hydrogen-bond acceptors (Lipinski definition) is 3. The van der Waals surface area contributed by atoms with E-state index in [-0.39, 0.29) is 0 Å². The summed E-state index contributed by atoms with van der Waals surface area (Å²) in [4.78, 5) is 1.54. The standard InChI is InChI=1S/C16H24BrNOS/c1-19-7-6-18-11-16(9-12-2-3-13(16)8-12)10-14-4-5-15(17)20-14/h4-5,12-13,18H,2-3,6-11H2,1H3. The van der Waals surface area contributed by atoms with Crippen LogP contribution in [-0.2, 0) is 11.2 Å². The minimum absolute atomic E-state index is 0.501. The molecular weight excluding hydrogens is 334 g/mol. The first-order valence-corrected chi connectivity index (χ1v) is 9.27. The Bertz CT molecular complexity index is 449. The molecule has 0 radical (unpaired) electrons. The Kier molecular flexibility index (Phi) is 4.86. The van der Waals surface area contributed by atoms with E-state index >= 15 is 0 Å². The smallest absolute Gasteiger partial charge is 0.0701 e. The molecule has 3 atom stereocenters. The first-order valence-electron chi connectivity index (χ1n) is 7.66. The van der Waals surface area contributed by atoms with Gasteiger partial charge in [-0.2, -0.15) is 0 Å². The van der Waals surface area contributed by atoms with Crippen molar-refractivity contribution in [2.75, 3.05) is 26.8 Å². The first-order chi connectivity index (χ1) is 9.72. The zero-order valence-corrected chi connectivity index (χ0v) is 14.6. The van der Waals surface area contributed by atoms with E-state index in [1.54, 1.807) is 7.11 Å². The van der Waals surface area contributed by atoms with E-state index in [1.165, 1.54) is 40.8 Å². The van der Waals surface area contributed by atoms with Gasteiger partial charge in [-0.05, 0) is 71.0 Å². The van der Waals surface area contributed by atoms with Gasteiger partial charge in [0.25, 0.3) is 0 Å². The van der Waals surface area contributed by atoms with Crippen LogP contribution in [0.25, 0.3) is 0 Å². The molecule has 3 rings (SSSR count). The third kappa shape index (κ3) is 3.13. The summed E-state index contributed by atoms with van der Waals surface area (Å²) in [5.41, 5.74) is 0.501. The van der Waals surface area contributed by atoms with Gasteiger partial charge in [0.2, 0.25) is 0 Å². The van der Waals surface area contributed by atoms with Crippen LogP contribution in [0.2, 0.25) is 0 Å². The lowest BCUT2D eigenvalue weighted by molar-refractivity contribution is 0.146. The van der Waals surface area contributed by atoms with Crippen LogP contribution >= 0.6 is 27.3 Å². The molecule has 0 amide bonds. The van der Waals surface area contributed by atoms with Gasteiger partial charge in [0.1, 0.15) is 0 Å². The summed E-state index contributed by atoms with van der Waals surface area (Å²) in [5, 5.41) is 3.65. The van der Waals surface area contributed by atoms with Crippen molar-refractivity contribution in [3.05, 3.63) is 20.8 Å². The van der Waals surface area contributed by atoms with E-state index in [2.05, 4.69) is 33.4 Å². The molecule has 2 fully saturated rings. The average molecular weight is 358 g/mol. The third-order valence-electron chi connectivity index (χ3n) is 5.22. The fourth-order valence-electron chi connectivity index (χ4n) is 4.36. The second-order valence-corrected chi connectivity index (χ2v) is 9.04. The van der Waals surface area contributed by atoms with E-state index in [9.17, 15) is 0 Å². The number of hydrogen-bond donors (Lipinski definition) is 1. The lowest BCUT2D eigenvalue weighted by Crippen LogP contribution is -2.41. The highest BCUT2D eigenvalue weighted by molar-refractivity contribution is 9.11. The summed E-state index contributed by atoms with van der Waals surface area (Å²) >= 11 is 5.51. The van der Waals surface area contributed by atoms with Gasteiger partial charge in [-0.3, -0.25) is 0 Å². The molecule has 0 aromatic carbocycles. The maximum absolute atomic E-state index is 5.16. The van der Waals surface area contributed by atoms with Crippen molar-refractivity contribution in [2.24, 2.45) is 17.3 Å². The molecule has 1 N–H and O–H groups in total. The average Bonchev–Trinajstić information content (AvgIpc) is 3.11. The van der Waals surface area contributed by atoms with Gasteiger partial charge >= 0.3 is 0 Å². The monoisotopic (exact) mass is 357 g/mol. The van der Waals surface area contributed by atoms with Crippen molar-refractivity contribution < 1.29 is 4.74 Å². The molecular formula is C16H24BrNOS. The summed E-state index contributed by atoms with van der Waals surface area (Å²) in [7, 11) is 1.78. The van der Waals surface area contributed by atoms with E-state index in [4.69, 9.17) is 4.74 Å². The second kappa shape index (κ2) is 6.47. The molecule has 1 aromatic heterocycles. The minimum Gasteiger partial charge on any atom is -0.383 e. The van der Waals surface area contributed by atoms with E-state index in [0.717, 1.165) is 31.5 Å². The molecule has 2 saturated carbocycles. The van der Waals surface area contributed by atoms with Gasteiger partial charge in [-0.1, -0.05) is 6.42 Å². The van der Waals surface area contributed by atoms with E-state index < -0.39 is 0 Å². The van der Waals surface area contributed by atoms with Crippen LogP contribution in [0.3, 0.4) is 0 Å². The molecule has 4 heteroatoms. The quantitative estimate of drug-likeness (QED) is 0.741. The predicted octanol–water partition coefficient (Wildman–Crippen LogP) is 4.10. The van der Waals surface area contributed by atoms with Gasteiger partial charge in [0, 0.05) is 25.1 Å². The topological polar surface area (TPSA) is 21.3 Å². The van der Waals surface area contributed by atoms with Crippen molar-refractivity contribution in [1.82, 2.24) is 5.32 Å². The Morgan fingerprint density at radius 1 is 1.45 bits per heavy atom. The molecule has 3 unspecified atom stereocenters. The van der Waals surface area contributed by atoms with E-state index in [1.807, 2.05) is 11.3 Å². The molecule has 1 aromatic rings. The number of ether oxygens (including phenoxy) is 1. The van der Waals surface area contributed by atoms with Crippen molar-refractivity contribution in [2.45, 2.75) is 32.1 Å². The summed E-state index contributed by atoms with van der Waals surface area (Å²) in [5.74, 6) is 1.93. The van der Waals surface area contributed by atoms with Gasteiger partial charge in [-0.25, -0.2) is 0 Å². The maximum atomic E-state index is 5.16. The van der Waals surface area contributed by atoms with Gasteiger partial charge < -0.3 is 10.1 Å². The molecule has 2 aliphatic carbocycles. The van der Waals surface area contributed by atoms with Crippen LogP contribution in [0, 0.1) is 17.3 Å². The number of fused-ring (bicyclic) bond motifs is 2. The summed E-state index contributed by atoms with van der Waals surface area (Å²) in [6.07, 6.45) is 7.07. The zero-order valence-electron chi connectivity index (χ0n) is 12.2. The molecule has 1 heterocycles. The summed E-state index contributed by atoms with van der Waals surface area (Å²) in [6.45, 7) is 2.95. The van der Waals surface area contributed by atoms with Crippen molar-refractivity contribution in [3.63, 3.8) is 0 Å². The largest absolute Gasteiger partial charge is 0.383 e. The predicted molar refractivity (Wildman–Crippen MR) is 88.3 cm³/mol. The number of thiophene rings is 1. The van der Waals surface area contributed by atoms with Crippen molar-refractivity contribution in [1.29, 1.82) is 0 Å². The normalized spacial score (nSPS) is 32.1.